The standard InChI is InChI=1S/C29H40NO2S.Y/c1-3-5-7-12-15-27-24(21-30(29(27)33)25-13-10-8-11-14-25)22-32-26-19-17-23(18-20-26)28(31)16-9-6-4-2;/h8,10-11,13-14,17-20,24,27-28,31H,1,3-7,9,12,15-16,21-22H2,2H3;/q-1;/t24-,27-,28?;/m1./s1. The maximum absolute atomic E-state index is 10.4. The normalized spacial score (nSPS) is 18.6. The molecule has 0 spiro atoms. The van der Waals surface area contributed by atoms with Gasteiger partial charge in [-0.2, -0.15) is 6.42 Å². The summed E-state index contributed by atoms with van der Waals surface area (Å²) in [6, 6.07) is 18.4. The minimum Gasteiger partial charge on any atom is -0.493 e. The van der Waals surface area contributed by atoms with Gasteiger partial charge in [0.15, 0.2) is 0 Å². The van der Waals surface area contributed by atoms with Crippen molar-refractivity contribution in [1.82, 2.24) is 0 Å². The van der Waals surface area contributed by atoms with Crippen LogP contribution in [0, 0.1) is 18.8 Å². The third kappa shape index (κ3) is 8.69. The minimum absolute atomic E-state index is 0. The van der Waals surface area contributed by atoms with E-state index in [2.05, 4.69) is 43.0 Å². The molecule has 2 aromatic rings. The molecule has 1 heterocycles. The van der Waals surface area contributed by atoms with E-state index in [0.717, 1.165) is 55.0 Å². The molecule has 5 heteroatoms. The number of hydrogen-bond acceptors (Lipinski definition) is 3. The van der Waals surface area contributed by atoms with E-state index in [1.807, 2.05) is 30.3 Å². The second-order valence-corrected chi connectivity index (χ2v) is 9.66. The van der Waals surface area contributed by atoms with E-state index in [9.17, 15) is 5.11 Å². The summed E-state index contributed by atoms with van der Waals surface area (Å²) in [5.74, 6) is 1.60. The van der Waals surface area contributed by atoms with Crippen molar-refractivity contribution in [3.8, 4) is 5.75 Å². The molecule has 0 saturated carbocycles. The molecule has 183 valence electrons. The molecule has 1 saturated heterocycles. The Hall–Kier alpha value is -0.806. The van der Waals surface area contributed by atoms with Gasteiger partial charge in [0.25, 0.3) is 0 Å². The van der Waals surface area contributed by atoms with Gasteiger partial charge < -0.3 is 21.7 Å². The molecule has 3 atom stereocenters. The first-order valence-corrected chi connectivity index (χ1v) is 13.1. The third-order valence-electron chi connectivity index (χ3n) is 6.71. The predicted octanol–water partition coefficient (Wildman–Crippen LogP) is 7.54. The molecule has 0 bridgehead atoms. The van der Waals surface area contributed by atoms with Crippen molar-refractivity contribution in [1.29, 1.82) is 0 Å². The minimum atomic E-state index is -0.389. The van der Waals surface area contributed by atoms with Crippen LogP contribution in [-0.2, 0) is 32.7 Å². The topological polar surface area (TPSA) is 32.7 Å². The third-order valence-corrected chi connectivity index (χ3v) is 7.24. The second kappa shape index (κ2) is 16.0. The summed E-state index contributed by atoms with van der Waals surface area (Å²) in [6.07, 6.45) is 9.51. The van der Waals surface area contributed by atoms with E-state index in [-0.39, 0.29) is 38.8 Å². The van der Waals surface area contributed by atoms with Gasteiger partial charge in [-0.1, -0.05) is 88.0 Å². The van der Waals surface area contributed by atoms with Gasteiger partial charge in [-0.25, -0.2) is 0 Å². The van der Waals surface area contributed by atoms with E-state index in [4.69, 9.17) is 17.0 Å². The van der Waals surface area contributed by atoms with Crippen molar-refractivity contribution in [2.45, 2.75) is 70.8 Å². The summed E-state index contributed by atoms with van der Waals surface area (Å²) in [6.45, 7) is 7.70. The number of anilines is 1. The SMILES string of the molecule is [CH2-]CCCCC[C@H]1C(=S)N(c2ccccc2)C[C@@H]1COc1ccc(C(O)CCCCC)cc1.[Y]. The Morgan fingerprint density at radius 1 is 1.03 bits per heavy atom. The summed E-state index contributed by atoms with van der Waals surface area (Å²) in [4.78, 5) is 3.35. The van der Waals surface area contributed by atoms with Crippen LogP contribution in [0.4, 0.5) is 5.69 Å². The molecule has 34 heavy (non-hydrogen) atoms. The summed E-state index contributed by atoms with van der Waals surface area (Å²) in [7, 11) is 0. The van der Waals surface area contributed by atoms with Gasteiger partial charge >= 0.3 is 0 Å². The average molecular weight is 556 g/mol. The van der Waals surface area contributed by atoms with Crippen LogP contribution < -0.4 is 9.64 Å². The van der Waals surface area contributed by atoms with Gasteiger partial charge in [-0.15, -0.1) is 0 Å². The zero-order valence-electron chi connectivity index (χ0n) is 20.7. The van der Waals surface area contributed by atoms with E-state index in [1.165, 1.54) is 31.4 Å². The molecular weight excluding hydrogens is 515 g/mol. The van der Waals surface area contributed by atoms with Crippen LogP contribution in [0.5, 0.6) is 5.75 Å². The molecule has 1 aliphatic heterocycles. The quantitative estimate of drug-likeness (QED) is 0.148. The summed E-state index contributed by atoms with van der Waals surface area (Å²) >= 11 is 5.95. The number of thiocarbonyl (C=S) groups is 1. The largest absolute Gasteiger partial charge is 0.493 e. The number of unbranched alkanes of at least 4 members (excludes halogenated alkanes) is 5. The van der Waals surface area contributed by atoms with Crippen molar-refractivity contribution < 1.29 is 42.6 Å². The monoisotopic (exact) mass is 555 g/mol. The molecule has 1 radical (unpaired) electrons. The second-order valence-electron chi connectivity index (χ2n) is 9.25. The molecule has 1 N–H and O–H groups in total. The maximum atomic E-state index is 10.4. The summed E-state index contributed by atoms with van der Waals surface area (Å²) in [5, 5.41) is 10.4. The number of ether oxygens (including phenoxy) is 1. The number of para-hydroxylation sites is 1. The predicted molar refractivity (Wildman–Crippen MR) is 143 cm³/mol. The van der Waals surface area contributed by atoms with E-state index in [1.54, 1.807) is 0 Å². The Morgan fingerprint density at radius 3 is 2.44 bits per heavy atom. The van der Waals surface area contributed by atoms with Crippen LogP contribution >= 0.6 is 12.2 Å². The van der Waals surface area contributed by atoms with Crippen LogP contribution in [-0.4, -0.2) is 23.2 Å². The first-order valence-electron chi connectivity index (χ1n) is 12.7. The number of aliphatic hydroxyl groups excluding tert-OH is 1. The Morgan fingerprint density at radius 2 is 1.76 bits per heavy atom. The molecule has 0 aliphatic carbocycles. The molecular formula is C29H40NO2SY-. The Bertz CT molecular complexity index is 830. The van der Waals surface area contributed by atoms with Gasteiger partial charge in [-0.05, 0) is 42.7 Å². The zero-order valence-corrected chi connectivity index (χ0v) is 24.4. The van der Waals surface area contributed by atoms with Crippen LogP contribution in [0.2, 0.25) is 0 Å². The molecule has 1 aliphatic rings. The van der Waals surface area contributed by atoms with Crippen molar-refractivity contribution in [2.24, 2.45) is 11.8 Å². The first-order chi connectivity index (χ1) is 16.1. The van der Waals surface area contributed by atoms with Crippen LogP contribution in [0.1, 0.15) is 76.4 Å². The molecule has 3 nitrogen and oxygen atoms in total. The van der Waals surface area contributed by atoms with Crippen molar-refractivity contribution >= 4 is 22.9 Å². The first kappa shape index (κ1) is 29.4. The average Bonchev–Trinajstić information content (AvgIpc) is 3.16. The van der Waals surface area contributed by atoms with Crippen molar-refractivity contribution in [2.75, 3.05) is 18.1 Å². The van der Waals surface area contributed by atoms with Gasteiger partial charge in [0.05, 0.1) is 17.7 Å². The Labute approximate surface area is 237 Å². The number of aliphatic hydroxyl groups is 1. The Balaban J connectivity index is 0.00000408. The van der Waals surface area contributed by atoms with Gasteiger partial charge in [0.2, 0.25) is 0 Å². The molecule has 0 aromatic heterocycles. The van der Waals surface area contributed by atoms with Crippen LogP contribution in [0.15, 0.2) is 54.6 Å². The molecule has 1 unspecified atom stereocenters. The number of benzene rings is 2. The van der Waals surface area contributed by atoms with Crippen molar-refractivity contribution in [3.05, 3.63) is 67.1 Å². The smallest absolute Gasteiger partial charge is 0.119 e. The summed E-state index contributed by atoms with van der Waals surface area (Å²) in [5.41, 5.74) is 2.15. The van der Waals surface area contributed by atoms with E-state index in [0.29, 0.717) is 18.4 Å². The molecule has 1 fully saturated rings. The molecule has 3 rings (SSSR count). The maximum Gasteiger partial charge on any atom is 0.119 e. The fraction of sp³-hybridized carbons (Fsp3) is 0.517. The Kier molecular flexibility index (Phi) is 13.9. The molecule has 0 amide bonds. The fourth-order valence-corrected chi connectivity index (χ4v) is 5.17. The van der Waals surface area contributed by atoms with Gasteiger partial charge in [0.1, 0.15) is 5.75 Å². The summed E-state index contributed by atoms with van der Waals surface area (Å²) < 4.78 is 6.24. The number of rotatable bonds is 14. The van der Waals surface area contributed by atoms with Crippen molar-refractivity contribution in [3.63, 3.8) is 0 Å². The number of hydrogen-bond donors (Lipinski definition) is 1. The fourth-order valence-electron chi connectivity index (χ4n) is 4.68. The molecule has 2 aromatic carbocycles. The zero-order chi connectivity index (χ0) is 23.5. The number of nitrogens with zero attached hydrogens (tertiary/aromatic N) is 1. The van der Waals surface area contributed by atoms with E-state index >= 15 is 0 Å². The van der Waals surface area contributed by atoms with Gasteiger partial charge in [0, 0.05) is 56.8 Å². The van der Waals surface area contributed by atoms with E-state index < -0.39 is 0 Å². The van der Waals surface area contributed by atoms with Crippen LogP contribution in [0.3, 0.4) is 0 Å². The van der Waals surface area contributed by atoms with Gasteiger partial charge in [-0.3, -0.25) is 0 Å². The van der Waals surface area contributed by atoms with Crippen LogP contribution in [0.25, 0.3) is 0 Å².